The smallest absolute Gasteiger partial charge is 0.216 e. The summed E-state index contributed by atoms with van der Waals surface area (Å²) in [6.45, 7) is 1.47. The summed E-state index contributed by atoms with van der Waals surface area (Å²) in [6.07, 6.45) is 3.17. The van der Waals surface area contributed by atoms with Gasteiger partial charge in [-0.1, -0.05) is 0 Å². The molecule has 1 aliphatic heterocycles. The molecule has 0 radical (unpaired) electrons. The summed E-state index contributed by atoms with van der Waals surface area (Å²) in [4.78, 5) is 4.22. The molecular weight excluding hydrogens is 495 g/mol. The van der Waals surface area contributed by atoms with E-state index in [1.54, 1.807) is 4.31 Å². The van der Waals surface area contributed by atoms with Crippen molar-refractivity contribution in [3.8, 4) is 0 Å². The number of amidine groups is 1. The Morgan fingerprint density at radius 2 is 2.16 bits per heavy atom. The number of piperidine rings is 1. The minimum atomic E-state index is -3.19. The summed E-state index contributed by atoms with van der Waals surface area (Å²) >= 11 is 3.09. The molecule has 2 aromatic rings. The summed E-state index contributed by atoms with van der Waals surface area (Å²) in [6, 6.07) is 4.13. The van der Waals surface area contributed by atoms with Gasteiger partial charge in [-0.15, -0.1) is 0 Å². The van der Waals surface area contributed by atoms with Crippen molar-refractivity contribution in [3.05, 3.63) is 34.2 Å². The van der Waals surface area contributed by atoms with Gasteiger partial charge in [-0.25, -0.2) is 26.7 Å². The predicted molar refractivity (Wildman–Crippen MR) is 114 cm³/mol. The summed E-state index contributed by atoms with van der Waals surface area (Å²) in [5, 5.41) is 20.0. The molecule has 0 spiro atoms. The molecule has 13 heteroatoms. The monoisotopic (exact) mass is 516 g/mol. The fourth-order valence-corrected chi connectivity index (χ4v) is 5.84. The molecule has 1 atom stereocenters. The van der Waals surface area contributed by atoms with Crippen molar-refractivity contribution in [2.75, 3.05) is 25.0 Å². The zero-order chi connectivity index (χ0) is 22.0. The summed E-state index contributed by atoms with van der Waals surface area (Å²) in [5.41, 5.74) is 2.47. The molecule has 1 aromatic heterocycles. The fraction of sp³-hybridized carbons (Fsp3) is 0.500. The Hall–Kier alpha value is -2.09. The molecule has 1 aromatic carbocycles. The van der Waals surface area contributed by atoms with E-state index in [1.165, 1.54) is 18.2 Å². The SMILES string of the molecule is O=S(=O)(C1CC1)N1CCCC(CNc2nonc2C(=Nc2ccc(F)c(Br)c2)NO)C1. The van der Waals surface area contributed by atoms with Crippen molar-refractivity contribution < 1.29 is 22.6 Å². The van der Waals surface area contributed by atoms with Crippen LogP contribution in [0.2, 0.25) is 0 Å². The number of nitrogens with one attached hydrogen (secondary N) is 2. The number of aromatic nitrogens is 2. The average molecular weight is 517 g/mol. The molecule has 0 bridgehead atoms. The Balaban J connectivity index is 1.44. The van der Waals surface area contributed by atoms with Crippen molar-refractivity contribution in [2.24, 2.45) is 10.9 Å². The summed E-state index contributed by atoms with van der Waals surface area (Å²) < 4.78 is 45.1. The molecule has 2 aliphatic rings. The molecule has 4 rings (SSSR count). The largest absolute Gasteiger partial charge is 0.365 e. The lowest BCUT2D eigenvalue weighted by molar-refractivity contribution is 0.234. The number of halogens is 2. The van der Waals surface area contributed by atoms with Crippen LogP contribution in [0, 0.1) is 11.7 Å². The van der Waals surface area contributed by atoms with Gasteiger partial charge in [0.25, 0.3) is 0 Å². The third-order valence-electron chi connectivity index (χ3n) is 5.31. The predicted octanol–water partition coefficient (Wildman–Crippen LogP) is 2.64. The molecule has 1 saturated carbocycles. The molecule has 0 amide bonds. The van der Waals surface area contributed by atoms with E-state index in [2.05, 4.69) is 36.6 Å². The van der Waals surface area contributed by atoms with Crippen LogP contribution in [0.5, 0.6) is 0 Å². The number of hydroxylamine groups is 1. The Bertz CT molecular complexity index is 1070. The molecular formula is C18H22BrFN6O4S. The highest BCUT2D eigenvalue weighted by atomic mass is 79.9. The highest BCUT2D eigenvalue weighted by Crippen LogP contribution is 2.33. The molecule has 2 fully saturated rings. The molecule has 2 heterocycles. The van der Waals surface area contributed by atoms with Crippen molar-refractivity contribution in [2.45, 2.75) is 30.9 Å². The number of sulfonamides is 1. The van der Waals surface area contributed by atoms with Crippen LogP contribution >= 0.6 is 15.9 Å². The summed E-state index contributed by atoms with van der Waals surface area (Å²) in [5.74, 6) is -0.122. The van der Waals surface area contributed by atoms with Gasteiger partial charge in [-0.3, -0.25) is 10.7 Å². The van der Waals surface area contributed by atoms with Crippen LogP contribution in [0.1, 0.15) is 31.4 Å². The Morgan fingerprint density at radius 3 is 2.87 bits per heavy atom. The standard InChI is InChI=1S/C18H22BrFN6O4S/c19-14-8-12(3-6-15(14)20)22-18(23-27)16-17(25-30-24-16)21-9-11-2-1-7-26(10-11)31(28,29)13-4-5-13/h3,6,8,11,13,27H,1-2,4-5,7,9-10H2,(H,21,25)(H,22,23). The van der Waals surface area contributed by atoms with E-state index in [1.807, 2.05) is 5.48 Å². The number of aliphatic imine (C=N–C) groups is 1. The van der Waals surface area contributed by atoms with Crippen LogP contribution in [0.3, 0.4) is 0 Å². The quantitative estimate of drug-likeness (QED) is 0.290. The number of nitrogens with zero attached hydrogens (tertiary/aromatic N) is 4. The van der Waals surface area contributed by atoms with Crippen LogP contribution in [-0.2, 0) is 10.0 Å². The number of benzene rings is 1. The van der Waals surface area contributed by atoms with Gasteiger partial charge in [0, 0.05) is 19.6 Å². The minimum absolute atomic E-state index is 0.0381. The van der Waals surface area contributed by atoms with Gasteiger partial charge in [0.2, 0.25) is 15.8 Å². The molecule has 31 heavy (non-hydrogen) atoms. The second-order valence-electron chi connectivity index (χ2n) is 7.62. The first-order valence-corrected chi connectivity index (χ1v) is 12.2. The van der Waals surface area contributed by atoms with Crippen molar-refractivity contribution in [3.63, 3.8) is 0 Å². The van der Waals surface area contributed by atoms with Crippen molar-refractivity contribution in [1.29, 1.82) is 0 Å². The van der Waals surface area contributed by atoms with Crippen LogP contribution in [0.15, 0.2) is 32.3 Å². The molecule has 10 nitrogen and oxygen atoms in total. The zero-order valence-corrected chi connectivity index (χ0v) is 18.9. The van der Waals surface area contributed by atoms with E-state index in [9.17, 15) is 18.0 Å². The average Bonchev–Trinajstić information content (AvgIpc) is 3.53. The maximum Gasteiger partial charge on any atom is 0.216 e. The Kier molecular flexibility index (Phi) is 6.55. The van der Waals surface area contributed by atoms with Gasteiger partial charge in [-0.05, 0) is 76.0 Å². The highest BCUT2D eigenvalue weighted by Gasteiger charge is 2.41. The molecule has 1 saturated heterocycles. The molecule has 1 unspecified atom stereocenters. The first kappa shape index (κ1) is 22.1. The lowest BCUT2D eigenvalue weighted by Crippen LogP contribution is -2.43. The minimum Gasteiger partial charge on any atom is -0.365 e. The third-order valence-corrected chi connectivity index (χ3v) is 8.28. The number of hydrogen-bond acceptors (Lipinski definition) is 8. The summed E-state index contributed by atoms with van der Waals surface area (Å²) in [7, 11) is -3.19. The van der Waals surface area contributed by atoms with E-state index in [4.69, 9.17) is 4.63 Å². The van der Waals surface area contributed by atoms with Gasteiger partial charge >= 0.3 is 0 Å². The normalized spacial score (nSPS) is 20.6. The van der Waals surface area contributed by atoms with E-state index in [-0.39, 0.29) is 33.0 Å². The second-order valence-corrected chi connectivity index (χ2v) is 10.7. The second kappa shape index (κ2) is 9.18. The molecule has 1 aliphatic carbocycles. The van der Waals surface area contributed by atoms with E-state index >= 15 is 0 Å². The number of rotatable bonds is 7. The highest BCUT2D eigenvalue weighted by molar-refractivity contribution is 9.10. The Labute approximate surface area is 187 Å². The number of hydrogen-bond donors (Lipinski definition) is 3. The number of anilines is 1. The van der Waals surface area contributed by atoms with Gasteiger partial charge < -0.3 is 5.32 Å². The fourth-order valence-electron chi connectivity index (χ4n) is 3.52. The first-order valence-electron chi connectivity index (χ1n) is 9.88. The van der Waals surface area contributed by atoms with Crippen LogP contribution < -0.4 is 10.8 Å². The zero-order valence-electron chi connectivity index (χ0n) is 16.5. The lowest BCUT2D eigenvalue weighted by Gasteiger charge is -2.32. The van der Waals surface area contributed by atoms with Gasteiger partial charge in [0.15, 0.2) is 11.5 Å². The topological polar surface area (TPSA) is 133 Å². The van der Waals surface area contributed by atoms with Gasteiger partial charge in [-0.2, -0.15) is 0 Å². The van der Waals surface area contributed by atoms with E-state index in [0.29, 0.717) is 25.3 Å². The van der Waals surface area contributed by atoms with E-state index in [0.717, 1.165) is 25.7 Å². The van der Waals surface area contributed by atoms with E-state index < -0.39 is 15.8 Å². The maximum atomic E-state index is 13.4. The van der Waals surface area contributed by atoms with Gasteiger partial charge in [0.1, 0.15) is 5.82 Å². The van der Waals surface area contributed by atoms with Crippen LogP contribution in [-0.4, -0.2) is 59.0 Å². The van der Waals surface area contributed by atoms with Crippen LogP contribution in [0.4, 0.5) is 15.9 Å². The first-order chi connectivity index (χ1) is 14.9. The lowest BCUT2D eigenvalue weighted by atomic mass is 10.00. The molecule has 3 N–H and O–H groups in total. The Morgan fingerprint density at radius 1 is 1.35 bits per heavy atom. The third kappa shape index (κ3) is 5.05. The van der Waals surface area contributed by atoms with Crippen molar-refractivity contribution in [1.82, 2.24) is 20.1 Å². The van der Waals surface area contributed by atoms with Crippen molar-refractivity contribution >= 4 is 43.3 Å². The maximum absolute atomic E-state index is 13.4. The van der Waals surface area contributed by atoms with Crippen LogP contribution in [0.25, 0.3) is 0 Å². The van der Waals surface area contributed by atoms with Gasteiger partial charge in [0.05, 0.1) is 15.4 Å². The molecule has 168 valence electrons.